The van der Waals surface area contributed by atoms with E-state index in [9.17, 15) is 19.2 Å². The van der Waals surface area contributed by atoms with Crippen molar-refractivity contribution in [1.82, 2.24) is 30.1 Å². The van der Waals surface area contributed by atoms with E-state index >= 15 is 0 Å². The number of piperazine rings is 1. The summed E-state index contributed by atoms with van der Waals surface area (Å²) >= 11 is 1.20. The average molecular weight is 664 g/mol. The minimum Gasteiger partial charge on any atom is -0.421 e. The maximum atomic E-state index is 13.2. The number of carbonyl (C=O) groups excluding carboxylic acids is 4. The Bertz CT molecular complexity index is 1530. The Labute approximate surface area is 272 Å². The van der Waals surface area contributed by atoms with Crippen molar-refractivity contribution in [2.75, 3.05) is 39.3 Å². The standard InChI is InChI=1S/C26H23N6O5S.C3H7.Y/c33-13-8-28-23(35)19-15-38-24(30-19)21-20-17(6-7-27-21)18(14-29-20)22(34)26(37)32-11-9-31(10-12-32)25(36)16-4-2-1-3-5-16;1-3-2;/h1-5,7,14-15,29,33H,8-13H2,(H,28,35);3H,1-2H3;/q2*-1;. The molecular weight excluding hydrogens is 633 g/mol. The van der Waals surface area contributed by atoms with Crippen molar-refractivity contribution in [2.24, 2.45) is 0 Å². The zero-order valence-electron chi connectivity index (χ0n) is 23.3. The minimum absolute atomic E-state index is 0. The van der Waals surface area contributed by atoms with E-state index in [2.05, 4.69) is 26.3 Å². The van der Waals surface area contributed by atoms with Crippen LogP contribution in [0.25, 0.3) is 21.6 Å². The van der Waals surface area contributed by atoms with E-state index in [1.165, 1.54) is 28.6 Å². The molecule has 3 N–H and O–H groups in total. The Kier molecular flexibility index (Phi) is 12.5. The summed E-state index contributed by atoms with van der Waals surface area (Å²) in [5.74, 6) is -1.86. The van der Waals surface area contributed by atoms with Crippen molar-refractivity contribution in [3.05, 3.63) is 77.4 Å². The zero-order chi connectivity index (χ0) is 29.4. The van der Waals surface area contributed by atoms with Gasteiger partial charge in [0.15, 0.2) is 5.78 Å². The second-order valence-corrected chi connectivity index (χ2v) is 9.94. The number of rotatable bonds is 7. The van der Waals surface area contributed by atoms with Crippen LogP contribution in [-0.4, -0.2) is 92.7 Å². The number of aromatic amines is 1. The van der Waals surface area contributed by atoms with Gasteiger partial charge in [0.25, 0.3) is 17.7 Å². The summed E-state index contributed by atoms with van der Waals surface area (Å²) in [6.45, 7) is 5.10. The van der Waals surface area contributed by atoms with Crippen molar-refractivity contribution in [3.63, 3.8) is 0 Å². The molecule has 42 heavy (non-hydrogen) atoms. The Morgan fingerprint density at radius 1 is 1.10 bits per heavy atom. The molecule has 1 aliphatic heterocycles. The maximum Gasteiger partial charge on any atom is 0.282 e. The topological polar surface area (TPSA) is 149 Å². The van der Waals surface area contributed by atoms with Gasteiger partial charge in [-0.25, -0.2) is 4.98 Å². The molecule has 1 saturated heterocycles. The Morgan fingerprint density at radius 3 is 2.43 bits per heavy atom. The number of aliphatic hydroxyl groups is 1. The van der Waals surface area contributed by atoms with Crippen molar-refractivity contribution in [2.45, 2.75) is 13.8 Å². The van der Waals surface area contributed by atoms with E-state index in [0.717, 1.165) is 0 Å². The molecular formula is C29H30N6O5SY-2. The third-order valence-corrected chi connectivity index (χ3v) is 7.02. The van der Waals surface area contributed by atoms with E-state index in [1.54, 1.807) is 34.5 Å². The van der Waals surface area contributed by atoms with Crippen molar-refractivity contribution >= 4 is 45.7 Å². The van der Waals surface area contributed by atoms with Crippen molar-refractivity contribution in [1.29, 1.82) is 0 Å². The third kappa shape index (κ3) is 7.54. The van der Waals surface area contributed by atoms with Gasteiger partial charge in [-0.15, -0.1) is 11.3 Å². The van der Waals surface area contributed by atoms with Crippen LogP contribution >= 0.6 is 11.3 Å². The van der Waals surface area contributed by atoms with Gasteiger partial charge in [0.05, 0.1) is 12.3 Å². The summed E-state index contributed by atoms with van der Waals surface area (Å²) in [4.78, 5) is 65.8. The maximum absolute atomic E-state index is 13.2. The number of nitrogens with zero attached hydrogens (tertiary/aromatic N) is 4. The van der Waals surface area contributed by atoms with Gasteiger partial charge in [-0.1, -0.05) is 30.0 Å². The number of Topliss-reactive ketones (excluding diaryl/α,β-unsaturated/α-hetero) is 1. The SMILES string of the molecule is C[CH-]C.O=C(NCCO)c1csc(-c2nc[c-]c3c(C(=O)C(=O)N4CCN(C(=O)c5ccccc5)CC4)c[nH]c23)n1.[Y]. The number of aliphatic hydroxyl groups excluding tert-OH is 1. The summed E-state index contributed by atoms with van der Waals surface area (Å²) in [7, 11) is 0. The van der Waals surface area contributed by atoms with Crippen LogP contribution in [0.15, 0.2) is 48.1 Å². The van der Waals surface area contributed by atoms with Gasteiger partial charge in [-0.05, 0) is 23.8 Å². The second kappa shape index (κ2) is 15.8. The Hall–Kier alpha value is -3.32. The number of nitrogens with one attached hydrogen (secondary N) is 2. The van der Waals surface area contributed by atoms with Gasteiger partial charge < -0.3 is 31.6 Å². The van der Waals surface area contributed by atoms with Gasteiger partial charge in [-0.2, -0.15) is 25.3 Å². The number of fused-ring (bicyclic) bond motifs is 1. The molecule has 5 rings (SSSR count). The summed E-state index contributed by atoms with van der Waals surface area (Å²) in [6, 6.07) is 11.9. The molecule has 0 bridgehead atoms. The molecule has 11 nitrogen and oxygen atoms in total. The number of pyridine rings is 1. The van der Waals surface area contributed by atoms with E-state index in [4.69, 9.17) is 5.11 Å². The minimum atomic E-state index is -0.685. The van der Waals surface area contributed by atoms with E-state index in [0.29, 0.717) is 40.3 Å². The number of benzene rings is 1. The van der Waals surface area contributed by atoms with Crippen LogP contribution in [0.4, 0.5) is 0 Å². The molecule has 13 heteroatoms. The Morgan fingerprint density at radius 2 is 1.76 bits per heavy atom. The number of aromatic nitrogens is 3. The predicted molar refractivity (Wildman–Crippen MR) is 154 cm³/mol. The molecule has 1 aliphatic rings. The van der Waals surface area contributed by atoms with Gasteiger partial charge in [0.1, 0.15) is 10.7 Å². The van der Waals surface area contributed by atoms with Crippen LogP contribution in [0, 0.1) is 12.5 Å². The summed E-state index contributed by atoms with van der Waals surface area (Å²) in [6.07, 6.45) is 4.85. The normalized spacial score (nSPS) is 12.6. The number of hydrogen-bond donors (Lipinski definition) is 3. The second-order valence-electron chi connectivity index (χ2n) is 9.08. The van der Waals surface area contributed by atoms with E-state index in [1.807, 2.05) is 26.3 Å². The number of hydrogen-bond acceptors (Lipinski definition) is 8. The molecule has 3 aromatic heterocycles. The largest absolute Gasteiger partial charge is 0.421 e. The summed E-state index contributed by atoms with van der Waals surface area (Å²) in [5, 5.41) is 13.9. The zero-order valence-corrected chi connectivity index (χ0v) is 26.9. The molecule has 4 aromatic rings. The van der Waals surface area contributed by atoms with Crippen LogP contribution in [0.2, 0.25) is 0 Å². The fraction of sp³-hybridized carbons (Fsp3) is 0.276. The first kappa shape index (κ1) is 33.2. The molecule has 0 atom stereocenters. The van der Waals surface area contributed by atoms with E-state index < -0.39 is 17.6 Å². The summed E-state index contributed by atoms with van der Waals surface area (Å²) < 4.78 is 0. The number of amides is 3. The molecule has 0 saturated carbocycles. The quantitative estimate of drug-likeness (QED) is 0.156. The fourth-order valence-corrected chi connectivity index (χ4v) is 5.01. The van der Waals surface area contributed by atoms with Crippen LogP contribution in [0.3, 0.4) is 0 Å². The molecule has 217 valence electrons. The van der Waals surface area contributed by atoms with Crippen LogP contribution in [-0.2, 0) is 37.5 Å². The Balaban J connectivity index is 0.00000116. The number of thiazole rings is 1. The first-order valence-corrected chi connectivity index (χ1v) is 13.9. The van der Waals surface area contributed by atoms with Gasteiger partial charge in [-0.3, -0.25) is 24.2 Å². The first-order valence-electron chi connectivity index (χ1n) is 13.0. The average Bonchev–Trinajstić information content (AvgIpc) is 3.68. The smallest absolute Gasteiger partial charge is 0.282 e. The summed E-state index contributed by atoms with van der Waals surface area (Å²) in [5.41, 5.74) is 1.82. The van der Waals surface area contributed by atoms with Gasteiger partial charge in [0, 0.05) is 76.4 Å². The number of ketones is 1. The van der Waals surface area contributed by atoms with Crippen molar-refractivity contribution < 1.29 is 57.0 Å². The number of H-pyrrole nitrogens is 1. The van der Waals surface area contributed by atoms with Gasteiger partial charge >= 0.3 is 0 Å². The first-order chi connectivity index (χ1) is 19.9. The molecule has 1 radical (unpaired) electrons. The van der Waals surface area contributed by atoms with Gasteiger partial charge in [0.2, 0.25) is 0 Å². The van der Waals surface area contributed by atoms with Crippen LogP contribution in [0.5, 0.6) is 0 Å². The number of carbonyl (C=O) groups is 4. The van der Waals surface area contributed by atoms with Crippen molar-refractivity contribution in [3.8, 4) is 10.7 Å². The molecule has 0 aliphatic carbocycles. The fourth-order valence-electron chi connectivity index (χ4n) is 4.21. The van der Waals surface area contributed by atoms with Crippen LogP contribution in [0.1, 0.15) is 45.1 Å². The molecule has 0 spiro atoms. The molecule has 1 fully saturated rings. The third-order valence-electron chi connectivity index (χ3n) is 6.17. The molecule has 3 amide bonds. The molecule has 4 heterocycles. The van der Waals surface area contributed by atoms with Crippen LogP contribution < -0.4 is 5.32 Å². The molecule has 0 unspecified atom stereocenters. The van der Waals surface area contributed by atoms with E-state index in [-0.39, 0.29) is 76.1 Å². The molecule has 1 aromatic carbocycles. The monoisotopic (exact) mass is 663 g/mol. The predicted octanol–water partition coefficient (Wildman–Crippen LogP) is 2.60.